The average molecular weight is 194 g/mol. The highest BCUT2D eigenvalue weighted by molar-refractivity contribution is 7.81. The van der Waals surface area contributed by atoms with Crippen LogP contribution in [-0.4, -0.2) is 22.1 Å². The lowest BCUT2D eigenvalue weighted by molar-refractivity contribution is -0.137. The van der Waals surface area contributed by atoms with E-state index in [1.165, 1.54) is 0 Å². The first-order chi connectivity index (χ1) is 5.16. The first kappa shape index (κ1) is 11.2. The number of carbonyl (C=O) groups is 1. The quantitative estimate of drug-likeness (QED) is 0.565. The maximum absolute atomic E-state index is 10.1. The number of carboxylic acids is 1. The number of carboxylic acid groups (broad SMARTS) is 1. The van der Waals surface area contributed by atoms with Gasteiger partial charge in [0.25, 0.3) is 0 Å². The van der Waals surface area contributed by atoms with E-state index in [-0.39, 0.29) is 11.7 Å². The molecule has 66 valence electrons. The lowest BCUT2D eigenvalue weighted by atomic mass is 10.1. The molecule has 0 aliphatic heterocycles. The summed E-state index contributed by atoms with van der Waals surface area (Å²) in [7, 11) is 0. The fraction of sp³-hybridized carbons (Fsp3) is 0.857. The molecule has 11 heavy (non-hydrogen) atoms. The molecule has 0 fully saturated rings. The van der Waals surface area contributed by atoms with Crippen molar-refractivity contribution in [1.82, 2.24) is 0 Å². The Morgan fingerprint density at radius 2 is 2.09 bits per heavy atom. The second-order valence-corrected chi connectivity index (χ2v) is 3.63. The highest BCUT2D eigenvalue weighted by Crippen LogP contribution is 2.11. The fourth-order valence-electron chi connectivity index (χ4n) is 0.761. The Kier molecular flexibility index (Phi) is 6.96. The maximum atomic E-state index is 10.1. The lowest BCUT2D eigenvalue weighted by Crippen LogP contribution is -2.03. The van der Waals surface area contributed by atoms with Crippen molar-refractivity contribution >= 4 is 31.2 Å². The van der Waals surface area contributed by atoms with Crippen LogP contribution in [0.25, 0.3) is 0 Å². The Labute approximate surface area is 78.2 Å². The van der Waals surface area contributed by atoms with Crippen molar-refractivity contribution in [2.75, 3.05) is 5.75 Å². The molecule has 0 spiro atoms. The van der Waals surface area contributed by atoms with Crippen molar-refractivity contribution in [3.8, 4) is 0 Å². The molecular weight excluding hydrogens is 180 g/mol. The zero-order valence-corrected chi connectivity index (χ0v) is 8.15. The van der Waals surface area contributed by atoms with Crippen LogP contribution in [0.1, 0.15) is 25.7 Å². The summed E-state index contributed by atoms with van der Waals surface area (Å²) in [5, 5.41) is 8.56. The Bertz CT molecular complexity index is 117. The Balaban J connectivity index is 3.22. The molecular formula is C7H14O2S2. The molecule has 0 aromatic carbocycles. The van der Waals surface area contributed by atoms with E-state index in [1.807, 2.05) is 0 Å². The molecule has 0 saturated heterocycles. The molecule has 1 atom stereocenters. The van der Waals surface area contributed by atoms with Crippen LogP contribution in [0.3, 0.4) is 0 Å². The number of aliphatic carboxylic acids is 1. The minimum atomic E-state index is -0.741. The predicted molar refractivity (Wildman–Crippen MR) is 52.7 cm³/mol. The van der Waals surface area contributed by atoms with Crippen molar-refractivity contribution < 1.29 is 9.90 Å². The van der Waals surface area contributed by atoms with Gasteiger partial charge in [0.15, 0.2) is 0 Å². The van der Waals surface area contributed by atoms with Gasteiger partial charge < -0.3 is 5.11 Å². The van der Waals surface area contributed by atoms with Crippen LogP contribution in [0.15, 0.2) is 0 Å². The van der Waals surface area contributed by atoms with Crippen LogP contribution in [0.5, 0.6) is 0 Å². The second-order valence-electron chi connectivity index (χ2n) is 2.45. The standard InChI is InChI=1S/C7H14O2S2/c8-7(9)4-3-6(11)2-1-5-10/h6,10-11H,1-5H2,(H,8,9). The normalized spacial score (nSPS) is 12.9. The molecule has 0 rings (SSSR count). The molecule has 1 unspecified atom stereocenters. The van der Waals surface area contributed by atoms with Crippen LogP contribution in [0, 0.1) is 0 Å². The van der Waals surface area contributed by atoms with Crippen molar-refractivity contribution in [3.63, 3.8) is 0 Å². The molecule has 0 saturated carbocycles. The third-order valence-corrected chi connectivity index (χ3v) is 2.22. The summed E-state index contributed by atoms with van der Waals surface area (Å²) < 4.78 is 0. The Morgan fingerprint density at radius 3 is 2.55 bits per heavy atom. The van der Waals surface area contributed by atoms with E-state index in [0.29, 0.717) is 6.42 Å². The third-order valence-electron chi connectivity index (χ3n) is 1.39. The van der Waals surface area contributed by atoms with Gasteiger partial charge in [0.1, 0.15) is 0 Å². The molecule has 4 heteroatoms. The lowest BCUT2D eigenvalue weighted by Gasteiger charge is -2.06. The smallest absolute Gasteiger partial charge is 0.303 e. The van der Waals surface area contributed by atoms with E-state index in [0.717, 1.165) is 18.6 Å². The first-order valence-electron chi connectivity index (χ1n) is 3.67. The molecule has 0 heterocycles. The van der Waals surface area contributed by atoms with E-state index >= 15 is 0 Å². The Hall–Kier alpha value is 0.170. The highest BCUT2D eigenvalue weighted by Gasteiger charge is 2.04. The van der Waals surface area contributed by atoms with E-state index in [1.54, 1.807) is 0 Å². The minimum absolute atomic E-state index is 0.221. The fourth-order valence-corrected chi connectivity index (χ4v) is 1.26. The van der Waals surface area contributed by atoms with Gasteiger partial charge in [-0.25, -0.2) is 0 Å². The molecule has 0 bridgehead atoms. The van der Waals surface area contributed by atoms with Gasteiger partial charge in [0.2, 0.25) is 0 Å². The van der Waals surface area contributed by atoms with Crippen molar-refractivity contribution in [2.45, 2.75) is 30.9 Å². The van der Waals surface area contributed by atoms with Crippen molar-refractivity contribution in [2.24, 2.45) is 0 Å². The first-order valence-corrected chi connectivity index (χ1v) is 4.82. The van der Waals surface area contributed by atoms with Crippen LogP contribution in [-0.2, 0) is 4.79 Å². The summed E-state index contributed by atoms with van der Waals surface area (Å²) in [6.45, 7) is 0. The summed E-state index contributed by atoms with van der Waals surface area (Å²) in [5.41, 5.74) is 0. The minimum Gasteiger partial charge on any atom is -0.481 e. The number of hydrogen-bond acceptors (Lipinski definition) is 3. The van der Waals surface area contributed by atoms with Gasteiger partial charge in [0, 0.05) is 11.7 Å². The highest BCUT2D eigenvalue weighted by atomic mass is 32.1. The predicted octanol–water partition coefficient (Wildman–Crippen LogP) is 1.86. The van der Waals surface area contributed by atoms with Crippen molar-refractivity contribution in [1.29, 1.82) is 0 Å². The zero-order valence-electron chi connectivity index (χ0n) is 6.36. The topological polar surface area (TPSA) is 37.3 Å². The van der Waals surface area contributed by atoms with E-state index in [9.17, 15) is 4.79 Å². The number of thiol groups is 2. The van der Waals surface area contributed by atoms with Crippen LogP contribution in [0.2, 0.25) is 0 Å². The average Bonchev–Trinajstić information content (AvgIpc) is 1.97. The molecule has 1 N–H and O–H groups in total. The van der Waals surface area contributed by atoms with Gasteiger partial charge in [0.05, 0.1) is 0 Å². The Morgan fingerprint density at radius 1 is 1.45 bits per heavy atom. The monoisotopic (exact) mass is 194 g/mol. The molecule has 0 aromatic rings. The maximum Gasteiger partial charge on any atom is 0.303 e. The second kappa shape index (κ2) is 6.85. The SMILES string of the molecule is O=C(O)CCC(S)CCCS. The zero-order chi connectivity index (χ0) is 8.69. The summed E-state index contributed by atoms with van der Waals surface area (Å²) in [4.78, 5) is 10.1. The third kappa shape index (κ3) is 8.07. The van der Waals surface area contributed by atoms with Gasteiger partial charge in [-0.05, 0) is 25.0 Å². The van der Waals surface area contributed by atoms with Gasteiger partial charge in [-0.3, -0.25) is 4.79 Å². The molecule has 0 aromatic heterocycles. The van der Waals surface area contributed by atoms with E-state index in [2.05, 4.69) is 25.3 Å². The largest absolute Gasteiger partial charge is 0.481 e. The van der Waals surface area contributed by atoms with Crippen LogP contribution >= 0.6 is 25.3 Å². The molecule has 2 nitrogen and oxygen atoms in total. The summed E-state index contributed by atoms with van der Waals surface area (Å²) >= 11 is 8.30. The van der Waals surface area contributed by atoms with E-state index in [4.69, 9.17) is 5.11 Å². The van der Waals surface area contributed by atoms with Gasteiger partial charge in [-0.15, -0.1) is 0 Å². The van der Waals surface area contributed by atoms with Gasteiger partial charge in [-0.1, -0.05) is 0 Å². The van der Waals surface area contributed by atoms with E-state index < -0.39 is 5.97 Å². The van der Waals surface area contributed by atoms with Gasteiger partial charge >= 0.3 is 5.97 Å². The number of hydrogen-bond donors (Lipinski definition) is 3. The summed E-state index contributed by atoms with van der Waals surface area (Å²) in [5.74, 6) is 0.111. The molecule has 0 amide bonds. The summed E-state index contributed by atoms with van der Waals surface area (Å²) in [6.07, 6.45) is 2.85. The molecule has 0 radical (unpaired) electrons. The van der Waals surface area contributed by atoms with Crippen LogP contribution in [0.4, 0.5) is 0 Å². The van der Waals surface area contributed by atoms with Gasteiger partial charge in [-0.2, -0.15) is 25.3 Å². The van der Waals surface area contributed by atoms with Crippen molar-refractivity contribution in [3.05, 3.63) is 0 Å². The van der Waals surface area contributed by atoms with Crippen LogP contribution < -0.4 is 0 Å². The number of rotatable bonds is 6. The summed E-state index contributed by atoms with van der Waals surface area (Å²) in [6, 6.07) is 0. The molecule has 0 aliphatic rings. The molecule has 0 aliphatic carbocycles.